The first-order chi connectivity index (χ1) is 9.60. The summed E-state index contributed by atoms with van der Waals surface area (Å²) in [5.41, 5.74) is 3.40. The van der Waals surface area contributed by atoms with Crippen molar-refractivity contribution >= 4 is 39.9 Å². The maximum atomic E-state index is 12.1. The molecule has 0 radical (unpaired) electrons. The van der Waals surface area contributed by atoms with Gasteiger partial charge in [0.2, 0.25) is 0 Å². The van der Waals surface area contributed by atoms with Crippen LogP contribution in [0.1, 0.15) is 5.56 Å². The third-order valence-electron chi connectivity index (χ3n) is 3.26. The first kappa shape index (κ1) is 12.9. The van der Waals surface area contributed by atoms with Crippen molar-refractivity contribution in [2.24, 2.45) is 12.0 Å². The molecule has 1 aliphatic heterocycles. The van der Waals surface area contributed by atoms with Gasteiger partial charge in [-0.2, -0.15) is 0 Å². The molecule has 2 heterocycles. The maximum absolute atomic E-state index is 12.1. The van der Waals surface area contributed by atoms with Crippen molar-refractivity contribution in [3.05, 3.63) is 35.8 Å². The van der Waals surface area contributed by atoms with E-state index in [9.17, 15) is 4.79 Å². The van der Waals surface area contributed by atoms with Crippen LogP contribution < -0.4 is 0 Å². The number of hydrogen-bond acceptors (Lipinski definition) is 4. The second-order valence-corrected chi connectivity index (χ2v) is 5.37. The summed E-state index contributed by atoms with van der Waals surface area (Å²) in [5.74, 6) is -0.0700. The van der Waals surface area contributed by atoms with Crippen LogP contribution in [-0.2, 0) is 11.8 Å². The number of aryl methyl sites for hydroxylation is 1. The van der Waals surface area contributed by atoms with E-state index in [2.05, 4.69) is 9.98 Å². The molecule has 1 aromatic heterocycles. The fourth-order valence-electron chi connectivity index (χ4n) is 2.15. The van der Waals surface area contributed by atoms with Gasteiger partial charge in [0.1, 0.15) is 5.70 Å². The first-order valence-corrected chi connectivity index (χ1v) is 7.36. The quantitative estimate of drug-likeness (QED) is 0.754. The largest absolute Gasteiger partial charge is 0.334 e. The normalized spacial score (nSPS) is 17.4. The lowest BCUT2D eigenvalue weighted by Gasteiger charge is -2.07. The van der Waals surface area contributed by atoms with Crippen LogP contribution in [0.15, 0.2) is 35.2 Å². The van der Waals surface area contributed by atoms with E-state index in [4.69, 9.17) is 0 Å². The van der Waals surface area contributed by atoms with Gasteiger partial charge in [-0.25, -0.2) is 9.98 Å². The Hall–Kier alpha value is -2.08. The van der Waals surface area contributed by atoms with Crippen molar-refractivity contribution in [2.75, 3.05) is 13.3 Å². The minimum atomic E-state index is -0.0700. The van der Waals surface area contributed by atoms with E-state index in [1.807, 2.05) is 42.1 Å². The molecule has 20 heavy (non-hydrogen) atoms. The van der Waals surface area contributed by atoms with E-state index in [-0.39, 0.29) is 5.91 Å². The number of amides is 1. The Bertz CT molecular complexity index is 760. The maximum Gasteiger partial charge on any atom is 0.278 e. The molecule has 0 fully saturated rings. The van der Waals surface area contributed by atoms with Gasteiger partial charge in [0.25, 0.3) is 5.91 Å². The molecule has 0 spiro atoms. The van der Waals surface area contributed by atoms with Gasteiger partial charge in [0.05, 0.1) is 17.4 Å². The van der Waals surface area contributed by atoms with Crippen LogP contribution in [0.5, 0.6) is 0 Å². The van der Waals surface area contributed by atoms with Crippen LogP contribution in [0.25, 0.3) is 17.1 Å². The van der Waals surface area contributed by atoms with E-state index in [0.717, 1.165) is 21.8 Å². The number of rotatable bonds is 1. The van der Waals surface area contributed by atoms with Gasteiger partial charge in [-0.05, 0) is 30.0 Å². The molecule has 5 nitrogen and oxygen atoms in total. The van der Waals surface area contributed by atoms with E-state index in [1.165, 1.54) is 11.8 Å². The van der Waals surface area contributed by atoms with Gasteiger partial charge in [-0.15, -0.1) is 0 Å². The zero-order chi connectivity index (χ0) is 14.3. The Labute approximate surface area is 121 Å². The number of aromatic nitrogens is 2. The zero-order valence-corrected chi connectivity index (χ0v) is 12.3. The average Bonchev–Trinajstić information content (AvgIpc) is 2.94. The fourth-order valence-corrected chi connectivity index (χ4v) is 2.70. The predicted molar refractivity (Wildman–Crippen MR) is 82.4 cm³/mol. The summed E-state index contributed by atoms with van der Waals surface area (Å²) in [7, 11) is 3.69. The van der Waals surface area contributed by atoms with Crippen molar-refractivity contribution < 1.29 is 4.79 Å². The summed E-state index contributed by atoms with van der Waals surface area (Å²) in [6.07, 6.45) is 5.50. The van der Waals surface area contributed by atoms with Gasteiger partial charge in [-0.1, -0.05) is 17.8 Å². The molecule has 3 rings (SSSR count). The number of thioether (sulfide) groups is 1. The number of carbonyl (C=O) groups is 1. The van der Waals surface area contributed by atoms with E-state index in [0.29, 0.717) is 5.70 Å². The van der Waals surface area contributed by atoms with Gasteiger partial charge < -0.3 is 4.57 Å². The monoisotopic (exact) mass is 286 g/mol. The molecule has 1 amide bonds. The zero-order valence-electron chi connectivity index (χ0n) is 11.5. The summed E-state index contributed by atoms with van der Waals surface area (Å²) >= 11 is 1.47. The molecule has 0 aliphatic carbocycles. The number of imidazole rings is 1. The molecule has 0 saturated heterocycles. The van der Waals surface area contributed by atoms with Gasteiger partial charge in [0, 0.05) is 14.1 Å². The van der Waals surface area contributed by atoms with E-state index in [1.54, 1.807) is 18.3 Å². The molecule has 2 aromatic rings. The second kappa shape index (κ2) is 4.79. The van der Waals surface area contributed by atoms with Crippen molar-refractivity contribution in [2.45, 2.75) is 0 Å². The molecule has 102 valence electrons. The summed E-state index contributed by atoms with van der Waals surface area (Å²) in [6, 6.07) is 5.90. The lowest BCUT2D eigenvalue weighted by atomic mass is 10.1. The van der Waals surface area contributed by atoms with Gasteiger partial charge >= 0.3 is 0 Å². The number of likely N-dealkylation sites (N-methyl/N-ethyl adjacent to an activating group) is 1. The molecule has 6 heteroatoms. The number of aliphatic imine (C=N–C) groups is 1. The molecular formula is C14H14N4OS. The van der Waals surface area contributed by atoms with Crippen LogP contribution in [0.2, 0.25) is 0 Å². The Morgan fingerprint density at radius 1 is 1.30 bits per heavy atom. The standard InChI is InChI=1S/C14H14N4OS/c1-17-8-15-10-5-4-9(7-12(10)17)6-11-13(19)18(2)14(16-11)20-3/h4-8H,1-3H3/b11-6-. The number of hydrogen-bond donors (Lipinski definition) is 0. The highest BCUT2D eigenvalue weighted by Crippen LogP contribution is 2.22. The lowest BCUT2D eigenvalue weighted by Crippen LogP contribution is -2.25. The van der Waals surface area contributed by atoms with Crippen LogP contribution in [0, 0.1) is 0 Å². The molecule has 0 atom stereocenters. The minimum Gasteiger partial charge on any atom is -0.334 e. The summed E-state index contributed by atoms with van der Waals surface area (Å²) in [5, 5.41) is 0.725. The number of nitrogens with zero attached hydrogens (tertiary/aromatic N) is 4. The van der Waals surface area contributed by atoms with Gasteiger partial charge in [0.15, 0.2) is 5.17 Å². The number of carbonyl (C=O) groups excluding carboxylic acids is 1. The Kier molecular flexibility index (Phi) is 3.10. The third kappa shape index (κ3) is 2.02. The lowest BCUT2D eigenvalue weighted by molar-refractivity contribution is -0.121. The Morgan fingerprint density at radius 2 is 2.10 bits per heavy atom. The SMILES string of the molecule is CSC1=N/C(=C\c2ccc3ncn(C)c3c2)C(=O)N1C. The predicted octanol–water partition coefficient (Wildman–Crippen LogP) is 2.11. The van der Waals surface area contributed by atoms with Crippen LogP contribution >= 0.6 is 11.8 Å². The van der Waals surface area contributed by atoms with Crippen LogP contribution in [0.3, 0.4) is 0 Å². The molecule has 0 unspecified atom stereocenters. The minimum absolute atomic E-state index is 0.0700. The molecule has 1 aliphatic rings. The summed E-state index contributed by atoms with van der Waals surface area (Å²) in [6.45, 7) is 0. The molecule has 0 bridgehead atoms. The molecule has 0 saturated carbocycles. The summed E-state index contributed by atoms with van der Waals surface area (Å²) in [4.78, 5) is 22.3. The number of benzene rings is 1. The highest BCUT2D eigenvalue weighted by Gasteiger charge is 2.26. The van der Waals surface area contributed by atoms with Crippen molar-refractivity contribution in [1.29, 1.82) is 0 Å². The van der Waals surface area contributed by atoms with Crippen molar-refractivity contribution in [3.8, 4) is 0 Å². The highest BCUT2D eigenvalue weighted by molar-refractivity contribution is 8.13. The van der Waals surface area contributed by atoms with Crippen LogP contribution in [0.4, 0.5) is 0 Å². The third-order valence-corrected chi connectivity index (χ3v) is 3.99. The van der Waals surface area contributed by atoms with E-state index >= 15 is 0 Å². The highest BCUT2D eigenvalue weighted by atomic mass is 32.2. The smallest absolute Gasteiger partial charge is 0.278 e. The summed E-state index contributed by atoms with van der Waals surface area (Å²) < 4.78 is 1.95. The first-order valence-electron chi connectivity index (χ1n) is 6.13. The van der Waals surface area contributed by atoms with Crippen LogP contribution in [-0.4, -0.2) is 38.8 Å². The number of fused-ring (bicyclic) bond motifs is 1. The molecule has 1 aromatic carbocycles. The van der Waals surface area contributed by atoms with E-state index < -0.39 is 0 Å². The average molecular weight is 286 g/mol. The Balaban J connectivity index is 2.04. The molecular weight excluding hydrogens is 272 g/mol. The second-order valence-electron chi connectivity index (χ2n) is 4.60. The molecule has 0 N–H and O–H groups in total. The Morgan fingerprint density at radius 3 is 2.80 bits per heavy atom. The number of amidine groups is 1. The fraction of sp³-hybridized carbons (Fsp3) is 0.214. The van der Waals surface area contributed by atoms with Crippen molar-refractivity contribution in [1.82, 2.24) is 14.5 Å². The van der Waals surface area contributed by atoms with Crippen molar-refractivity contribution in [3.63, 3.8) is 0 Å². The topological polar surface area (TPSA) is 50.5 Å². The van der Waals surface area contributed by atoms with Gasteiger partial charge in [-0.3, -0.25) is 9.69 Å².